The number of aromatic nitrogens is 3. The Kier molecular flexibility index (Phi) is 4.53. The molecule has 0 aliphatic carbocycles. The molecule has 1 aromatic heterocycles. The number of Topliss-reactive ketones (excluding diaryl/α,β-unsaturated/α-hetero) is 1. The zero-order chi connectivity index (χ0) is 15.6. The number of carbonyl (C=O) groups excluding carboxylic acids is 1. The molecule has 0 radical (unpaired) electrons. The predicted octanol–water partition coefficient (Wildman–Crippen LogP) is 2.49. The first kappa shape index (κ1) is 15.4. The normalized spacial score (nSPS) is 10.4. The van der Waals surface area contributed by atoms with E-state index in [1.54, 1.807) is 12.1 Å². The lowest BCUT2D eigenvalue weighted by molar-refractivity contribution is -0.394. The molecule has 2 rings (SSSR count). The quantitative estimate of drug-likeness (QED) is 0.452. The second-order valence-corrected chi connectivity index (χ2v) is 4.98. The number of methoxy groups -OCH3 is 1. The molecule has 0 saturated carbocycles. The van der Waals surface area contributed by atoms with Gasteiger partial charge in [-0.3, -0.25) is 4.79 Å². The molecule has 21 heavy (non-hydrogen) atoms. The molecular weight excluding hydrogens is 368 g/mol. The molecule has 0 bridgehead atoms. The Labute approximate surface area is 132 Å². The molecule has 10 heteroatoms. The van der Waals surface area contributed by atoms with Crippen molar-refractivity contribution in [1.82, 2.24) is 14.8 Å². The van der Waals surface area contributed by atoms with Crippen LogP contribution in [0.2, 0.25) is 5.02 Å². The molecule has 0 amide bonds. The third-order valence-corrected chi connectivity index (χ3v) is 3.43. The number of rotatable bonds is 5. The molecule has 0 unspecified atom stereocenters. The molecule has 1 heterocycles. The summed E-state index contributed by atoms with van der Waals surface area (Å²) in [5.41, 5.74) is 0.339. The maximum atomic E-state index is 12.1. The second-order valence-electron chi connectivity index (χ2n) is 3.87. The summed E-state index contributed by atoms with van der Waals surface area (Å²) in [6.45, 7) is -0.204. The van der Waals surface area contributed by atoms with Gasteiger partial charge in [-0.25, -0.2) is 0 Å². The summed E-state index contributed by atoms with van der Waals surface area (Å²) in [6.07, 6.45) is 0. The third-order valence-electron chi connectivity index (χ3n) is 2.55. The highest BCUT2D eigenvalue weighted by atomic mass is 79.9. The first-order valence-corrected chi connectivity index (χ1v) is 6.71. The SMILES string of the molecule is COc1ccc(C(=O)Cn2nc([N+](=O)[O-])nc2Br)cc1Cl. The molecule has 0 N–H and O–H groups in total. The van der Waals surface area contributed by atoms with Crippen LogP contribution in [0.5, 0.6) is 5.75 Å². The molecule has 0 fully saturated rings. The molecule has 0 aliphatic heterocycles. The van der Waals surface area contributed by atoms with Crippen molar-refractivity contribution in [2.75, 3.05) is 7.11 Å². The highest BCUT2D eigenvalue weighted by Gasteiger charge is 2.22. The van der Waals surface area contributed by atoms with Gasteiger partial charge >= 0.3 is 5.95 Å². The number of nitrogens with zero attached hydrogens (tertiary/aromatic N) is 4. The van der Waals surface area contributed by atoms with Crippen LogP contribution in [0.3, 0.4) is 0 Å². The monoisotopic (exact) mass is 374 g/mol. The lowest BCUT2D eigenvalue weighted by Gasteiger charge is -2.05. The number of halogens is 2. The van der Waals surface area contributed by atoms with Gasteiger partial charge in [-0.15, -0.1) is 0 Å². The summed E-state index contributed by atoms with van der Waals surface area (Å²) in [4.78, 5) is 25.5. The number of hydrogen-bond acceptors (Lipinski definition) is 6. The number of ketones is 1. The highest BCUT2D eigenvalue weighted by Crippen LogP contribution is 2.25. The van der Waals surface area contributed by atoms with E-state index in [1.807, 2.05) is 0 Å². The molecule has 2 aromatic rings. The summed E-state index contributed by atoms with van der Waals surface area (Å²) in [5.74, 6) is -0.451. The third kappa shape index (κ3) is 3.37. The van der Waals surface area contributed by atoms with Gasteiger partial charge in [0, 0.05) is 26.6 Å². The number of benzene rings is 1. The van der Waals surface area contributed by atoms with E-state index in [2.05, 4.69) is 26.0 Å². The van der Waals surface area contributed by atoms with Gasteiger partial charge in [0.1, 0.15) is 12.3 Å². The van der Waals surface area contributed by atoms with Gasteiger partial charge in [-0.2, -0.15) is 4.68 Å². The van der Waals surface area contributed by atoms with Crippen molar-refractivity contribution >= 4 is 39.3 Å². The van der Waals surface area contributed by atoms with E-state index < -0.39 is 10.9 Å². The lowest BCUT2D eigenvalue weighted by atomic mass is 10.1. The van der Waals surface area contributed by atoms with Crippen LogP contribution in [0.1, 0.15) is 10.4 Å². The van der Waals surface area contributed by atoms with Crippen molar-refractivity contribution in [1.29, 1.82) is 0 Å². The maximum Gasteiger partial charge on any atom is 0.492 e. The van der Waals surface area contributed by atoms with Crippen molar-refractivity contribution < 1.29 is 14.5 Å². The topological polar surface area (TPSA) is 100 Å². The fraction of sp³-hybridized carbons (Fsp3) is 0.182. The molecule has 0 spiro atoms. The molecule has 1 aromatic carbocycles. The minimum absolute atomic E-state index is 0.0992. The molecule has 0 aliphatic rings. The number of hydrogen-bond donors (Lipinski definition) is 0. The fourth-order valence-corrected chi connectivity index (χ4v) is 2.18. The molecule has 8 nitrogen and oxygen atoms in total. The Balaban J connectivity index is 2.22. The average Bonchev–Trinajstić information content (AvgIpc) is 2.80. The van der Waals surface area contributed by atoms with Crippen LogP contribution in [0.4, 0.5) is 5.95 Å². The zero-order valence-electron chi connectivity index (χ0n) is 10.6. The molecule has 0 atom stereocenters. The van der Waals surface area contributed by atoms with Crippen LogP contribution in [0.15, 0.2) is 22.9 Å². The standard InChI is InChI=1S/C11H8BrClN4O4/c1-21-9-3-2-6(4-7(9)13)8(18)5-16-10(12)14-11(15-16)17(19)20/h2-4H,5H2,1H3. The van der Waals surface area contributed by atoms with Gasteiger partial charge in [0.05, 0.1) is 12.1 Å². The van der Waals surface area contributed by atoms with Gasteiger partial charge in [0.2, 0.25) is 0 Å². The Morgan fingerprint density at radius 2 is 2.29 bits per heavy atom. The van der Waals surface area contributed by atoms with Gasteiger partial charge in [-0.05, 0) is 28.1 Å². The van der Waals surface area contributed by atoms with Crippen molar-refractivity contribution in [3.63, 3.8) is 0 Å². The van der Waals surface area contributed by atoms with E-state index in [-0.39, 0.29) is 17.1 Å². The first-order valence-electron chi connectivity index (χ1n) is 5.54. The minimum Gasteiger partial charge on any atom is -0.495 e. The Hall–Kier alpha value is -2.00. The summed E-state index contributed by atoms with van der Waals surface area (Å²) >= 11 is 8.95. The van der Waals surface area contributed by atoms with Crippen LogP contribution < -0.4 is 4.74 Å². The Morgan fingerprint density at radius 3 is 2.81 bits per heavy atom. The van der Waals surface area contributed by atoms with Gasteiger partial charge < -0.3 is 14.9 Å². The van der Waals surface area contributed by atoms with Gasteiger partial charge in [-0.1, -0.05) is 11.6 Å². The van der Waals surface area contributed by atoms with Crippen LogP contribution in [0.25, 0.3) is 0 Å². The van der Waals surface area contributed by atoms with Gasteiger partial charge in [0.25, 0.3) is 4.73 Å². The van der Waals surface area contributed by atoms with Crippen molar-refractivity contribution in [2.24, 2.45) is 0 Å². The predicted molar refractivity (Wildman–Crippen MR) is 76.7 cm³/mol. The largest absolute Gasteiger partial charge is 0.495 e. The smallest absolute Gasteiger partial charge is 0.492 e. The van der Waals surface area contributed by atoms with E-state index in [0.717, 1.165) is 4.68 Å². The highest BCUT2D eigenvalue weighted by molar-refractivity contribution is 9.10. The van der Waals surface area contributed by atoms with Crippen molar-refractivity contribution in [2.45, 2.75) is 6.54 Å². The molecular formula is C11H8BrClN4O4. The summed E-state index contributed by atoms with van der Waals surface area (Å²) in [7, 11) is 1.47. The fourth-order valence-electron chi connectivity index (χ4n) is 1.56. The van der Waals surface area contributed by atoms with Crippen LogP contribution >= 0.6 is 27.5 Å². The van der Waals surface area contributed by atoms with Crippen LogP contribution in [-0.4, -0.2) is 32.6 Å². The van der Waals surface area contributed by atoms with E-state index in [4.69, 9.17) is 16.3 Å². The van der Waals surface area contributed by atoms with E-state index in [0.29, 0.717) is 16.3 Å². The van der Waals surface area contributed by atoms with Crippen molar-refractivity contribution in [3.8, 4) is 5.75 Å². The summed E-state index contributed by atoms with van der Waals surface area (Å²) < 4.78 is 6.19. The van der Waals surface area contributed by atoms with E-state index >= 15 is 0 Å². The maximum absolute atomic E-state index is 12.1. The van der Waals surface area contributed by atoms with Crippen molar-refractivity contribution in [3.05, 3.63) is 43.6 Å². The van der Waals surface area contributed by atoms with Crippen LogP contribution in [0, 0.1) is 10.1 Å². The lowest BCUT2D eigenvalue weighted by Crippen LogP contribution is -2.12. The number of nitro groups is 1. The summed E-state index contributed by atoms with van der Waals surface area (Å²) in [5, 5.41) is 14.5. The summed E-state index contributed by atoms with van der Waals surface area (Å²) in [6, 6.07) is 4.57. The van der Waals surface area contributed by atoms with Crippen LogP contribution in [-0.2, 0) is 6.54 Å². The number of carbonyl (C=O) groups is 1. The Morgan fingerprint density at radius 1 is 1.57 bits per heavy atom. The van der Waals surface area contributed by atoms with E-state index in [1.165, 1.54) is 13.2 Å². The Bertz CT molecular complexity index is 718. The van der Waals surface area contributed by atoms with E-state index in [9.17, 15) is 14.9 Å². The molecule has 0 saturated heterocycles. The first-order chi connectivity index (χ1) is 9.92. The average molecular weight is 376 g/mol. The molecule has 110 valence electrons. The second kappa shape index (κ2) is 6.19. The number of ether oxygens (including phenoxy) is 1. The van der Waals surface area contributed by atoms with Gasteiger partial charge in [0.15, 0.2) is 5.78 Å². The minimum atomic E-state index is -0.740. The zero-order valence-corrected chi connectivity index (χ0v) is 13.0.